The number of rotatable bonds is 2. The predicted molar refractivity (Wildman–Crippen MR) is 188 cm³/mol. The van der Waals surface area contributed by atoms with Gasteiger partial charge in [-0.25, -0.2) is 14.4 Å². The number of carbonyl (C=O) groups excluding carboxylic acids is 3. The van der Waals surface area contributed by atoms with E-state index in [0.717, 1.165) is 29.8 Å². The zero-order chi connectivity index (χ0) is 34.7. The summed E-state index contributed by atoms with van der Waals surface area (Å²) in [6.07, 6.45) is 5.32. The molecule has 1 amide bonds. The lowest BCUT2D eigenvalue weighted by Gasteiger charge is -2.28. The van der Waals surface area contributed by atoms with Gasteiger partial charge < -0.3 is 23.8 Å². The summed E-state index contributed by atoms with van der Waals surface area (Å²) in [5.74, 6) is 0.845. The third-order valence-corrected chi connectivity index (χ3v) is 7.84. The highest BCUT2D eigenvalue weighted by molar-refractivity contribution is 9.10. The van der Waals surface area contributed by atoms with Gasteiger partial charge in [-0.05, 0) is 129 Å². The molecule has 256 valence electrons. The van der Waals surface area contributed by atoms with Crippen LogP contribution in [0.1, 0.15) is 124 Å². The van der Waals surface area contributed by atoms with Crippen LogP contribution < -0.4 is 0 Å². The van der Waals surface area contributed by atoms with Crippen LogP contribution in [0.25, 0.3) is 0 Å². The van der Waals surface area contributed by atoms with Crippen LogP contribution >= 0.6 is 31.9 Å². The standard InChI is InChI=1S/C15H20BrNO2.C11H13Br.C10H18O5/c1-15(2,3)19-14(18)17-10-4-5-13(17)11-6-8-12(16)9-7-11;12-11-7-5-10(6-8-11)9-3-1-2-4-9;1-9(2,3)14-7(11)13-8(12)15-10(4,5)6/h6-9,13H,4-5,10H2,1-3H3;5-9H,1-4H2;1-6H3/t13-;;/m0../s1. The van der Waals surface area contributed by atoms with Gasteiger partial charge in [-0.3, -0.25) is 0 Å². The summed E-state index contributed by atoms with van der Waals surface area (Å²) in [4.78, 5) is 36.1. The molecule has 1 heterocycles. The minimum Gasteiger partial charge on any atom is -0.444 e. The molecule has 1 atom stereocenters. The van der Waals surface area contributed by atoms with E-state index in [-0.39, 0.29) is 12.1 Å². The van der Waals surface area contributed by atoms with Crippen molar-refractivity contribution in [2.24, 2.45) is 0 Å². The fourth-order valence-corrected chi connectivity index (χ4v) is 5.47. The average Bonchev–Trinajstić information content (AvgIpc) is 3.60. The molecule has 1 aliphatic carbocycles. The van der Waals surface area contributed by atoms with Crippen molar-refractivity contribution in [2.45, 2.75) is 130 Å². The van der Waals surface area contributed by atoms with Gasteiger partial charge in [-0.2, -0.15) is 0 Å². The normalized spacial score (nSPS) is 16.8. The highest BCUT2D eigenvalue weighted by atomic mass is 79.9. The van der Waals surface area contributed by atoms with Crippen LogP contribution in [-0.2, 0) is 18.9 Å². The fraction of sp³-hybridized carbons (Fsp3) is 0.583. The van der Waals surface area contributed by atoms with Gasteiger partial charge in [0.2, 0.25) is 0 Å². The number of nitrogens with zero attached hydrogens (tertiary/aromatic N) is 1. The third kappa shape index (κ3) is 15.8. The first-order valence-corrected chi connectivity index (χ1v) is 17.5. The molecule has 0 bridgehead atoms. The molecule has 0 radical (unpaired) electrons. The van der Waals surface area contributed by atoms with Crippen LogP contribution in [-0.4, -0.2) is 46.7 Å². The number of amides is 1. The second kappa shape index (κ2) is 17.5. The van der Waals surface area contributed by atoms with Gasteiger partial charge in [0.1, 0.15) is 16.8 Å². The Balaban J connectivity index is 0.000000247. The largest absolute Gasteiger partial charge is 0.519 e. The van der Waals surface area contributed by atoms with Crippen molar-refractivity contribution in [2.75, 3.05) is 6.54 Å². The monoisotopic (exact) mass is 767 g/mol. The van der Waals surface area contributed by atoms with Gasteiger partial charge in [-0.15, -0.1) is 0 Å². The number of hydrogen-bond acceptors (Lipinski definition) is 7. The minimum absolute atomic E-state index is 0.142. The second-order valence-electron chi connectivity index (χ2n) is 14.4. The first kappa shape index (κ1) is 39.6. The molecule has 0 N–H and O–H groups in total. The highest BCUT2D eigenvalue weighted by Crippen LogP contribution is 2.35. The summed E-state index contributed by atoms with van der Waals surface area (Å²) in [5.41, 5.74) is 0.865. The zero-order valence-corrected chi connectivity index (χ0v) is 32.0. The highest BCUT2D eigenvalue weighted by Gasteiger charge is 2.33. The Bertz CT molecular complexity index is 1230. The van der Waals surface area contributed by atoms with Gasteiger partial charge in [-0.1, -0.05) is 69.0 Å². The molecule has 1 saturated heterocycles. The Morgan fingerprint density at radius 3 is 1.43 bits per heavy atom. The number of benzene rings is 2. The van der Waals surface area contributed by atoms with Crippen molar-refractivity contribution < 1.29 is 33.3 Å². The van der Waals surface area contributed by atoms with Crippen LogP contribution in [0, 0.1) is 0 Å². The summed E-state index contributed by atoms with van der Waals surface area (Å²) in [7, 11) is 0. The molecule has 1 saturated carbocycles. The van der Waals surface area contributed by atoms with E-state index < -0.39 is 29.1 Å². The quantitative estimate of drug-likeness (QED) is 0.171. The predicted octanol–water partition coefficient (Wildman–Crippen LogP) is 11.5. The van der Waals surface area contributed by atoms with Crippen LogP contribution in [0.3, 0.4) is 0 Å². The summed E-state index contributed by atoms with van der Waals surface area (Å²) in [5, 5.41) is 0. The summed E-state index contributed by atoms with van der Waals surface area (Å²) >= 11 is 6.89. The smallest absolute Gasteiger partial charge is 0.444 e. The lowest BCUT2D eigenvalue weighted by molar-refractivity contribution is -0.0294. The molecule has 0 aromatic heterocycles. The molecule has 1 aliphatic heterocycles. The molecule has 10 heteroatoms. The third-order valence-electron chi connectivity index (χ3n) is 6.78. The molecular weight excluding hydrogens is 718 g/mol. The Morgan fingerprint density at radius 1 is 0.609 bits per heavy atom. The molecule has 0 spiro atoms. The molecule has 2 aliphatic rings. The van der Waals surface area contributed by atoms with E-state index in [1.807, 2.05) is 37.8 Å². The van der Waals surface area contributed by atoms with E-state index in [2.05, 4.69) is 73.0 Å². The Hall–Kier alpha value is -2.59. The number of ether oxygens (including phenoxy) is 4. The van der Waals surface area contributed by atoms with Gasteiger partial charge >= 0.3 is 18.4 Å². The van der Waals surface area contributed by atoms with Crippen molar-refractivity contribution in [3.8, 4) is 0 Å². The maximum absolute atomic E-state index is 12.2. The van der Waals surface area contributed by atoms with E-state index in [9.17, 15) is 14.4 Å². The van der Waals surface area contributed by atoms with Crippen LogP contribution in [0.5, 0.6) is 0 Å². The number of carbonyl (C=O) groups is 3. The van der Waals surface area contributed by atoms with E-state index in [4.69, 9.17) is 14.2 Å². The van der Waals surface area contributed by atoms with Gasteiger partial charge in [0.25, 0.3) is 0 Å². The lowest BCUT2D eigenvalue weighted by atomic mass is 9.98. The van der Waals surface area contributed by atoms with Gasteiger partial charge in [0, 0.05) is 15.5 Å². The van der Waals surface area contributed by atoms with E-state index in [1.165, 1.54) is 41.3 Å². The van der Waals surface area contributed by atoms with Gasteiger partial charge in [0.15, 0.2) is 0 Å². The van der Waals surface area contributed by atoms with Crippen molar-refractivity contribution in [1.29, 1.82) is 0 Å². The van der Waals surface area contributed by atoms with Crippen LogP contribution in [0.2, 0.25) is 0 Å². The molecule has 0 unspecified atom stereocenters. The number of likely N-dealkylation sites (tertiary alicyclic amines) is 1. The first-order chi connectivity index (χ1) is 21.2. The number of hydrogen-bond donors (Lipinski definition) is 0. The maximum Gasteiger partial charge on any atom is 0.519 e. The second-order valence-corrected chi connectivity index (χ2v) is 16.3. The topological polar surface area (TPSA) is 91.4 Å². The molecule has 2 aromatic carbocycles. The zero-order valence-electron chi connectivity index (χ0n) is 28.8. The molecule has 4 rings (SSSR count). The van der Waals surface area contributed by atoms with E-state index in [1.54, 1.807) is 41.5 Å². The Morgan fingerprint density at radius 2 is 1.02 bits per heavy atom. The van der Waals surface area contributed by atoms with Gasteiger partial charge in [0.05, 0.1) is 6.04 Å². The SMILES string of the molecule is Brc1ccc(C2CCCC2)cc1.CC(C)(C)OC(=O)N1CCC[C@H]1c1ccc(Br)cc1.CC(C)(C)OC(=O)OC(=O)OC(C)(C)C. The molecule has 2 aromatic rings. The lowest BCUT2D eigenvalue weighted by Crippen LogP contribution is -2.36. The fourth-order valence-electron chi connectivity index (χ4n) is 4.94. The Labute approximate surface area is 292 Å². The minimum atomic E-state index is -1.06. The summed E-state index contributed by atoms with van der Waals surface area (Å²) in [6, 6.07) is 17.1. The van der Waals surface area contributed by atoms with E-state index in [0.29, 0.717) is 0 Å². The Kier molecular flexibility index (Phi) is 15.1. The van der Waals surface area contributed by atoms with Crippen molar-refractivity contribution in [3.63, 3.8) is 0 Å². The average molecular weight is 770 g/mol. The summed E-state index contributed by atoms with van der Waals surface area (Å²) < 4.78 is 21.5. The number of halogens is 2. The van der Waals surface area contributed by atoms with Crippen molar-refractivity contribution in [1.82, 2.24) is 4.90 Å². The van der Waals surface area contributed by atoms with Crippen LogP contribution in [0.15, 0.2) is 57.5 Å². The molecule has 8 nitrogen and oxygen atoms in total. The van der Waals surface area contributed by atoms with Crippen LogP contribution in [0.4, 0.5) is 14.4 Å². The molecular formula is C36H51Br2NO7. The maximum atomic E-state index is 12.2. The van der Waals surface area contributed by atoms with Crippen molar-refractivity contribution in [3.05, 3.63) is 68.6 Å². The first-order valence-electron chi connectivity index (χ1n) is 15.9. The summed E-state index contributed by atoms with van der Waals surface area (Å²) in [6.45, 7) is 16.5. The van der Waals surface area contributed by atoms with Crippen molar-refractivity contribution >= 4 is 50.3 Å². The van der Waals surface area contributed by atoms with E-state index >= 15 is 0 Å². The molecule has 2 fully saturated rings. The molecule has 46 heavy (non-hydrogen) atoms.